The number of nitrogens with one attached hydrogen (secondary N) is 2. The molecule has 1 aliphatic rings. The highest BCUT2D eigenvalue weighted by Gasteiger charge is 2.24. The predicted octanol–water partition coefficient (Wildman–Crippen LogP) is 5.28. The SMILES string of the molecule is C=CCNc1nc(N2CCC(NCC(c3ccc(F)cc3)c3ccc(F)cc3)CC2)nc2c1ncn2CC=C. The average Bonchev–Trinajstić information content (AvgIpc) is 3.37. The zero-order valence-electron chi connectivity index (χ0n) is 21.9. The van der Waals surface area contributed by atoms with Crippen molar-refractivity contribution < 1.29 is 8.78 Å². The Labute approximate surface area is 227 Å². The van der Waals surface area contributed by atoms with Crippen LogP contribution in [0.5, 0.6) is 0 Å². The molecule has 0 aliphatic carbocycles. The molecular formula is C30H33F2N7. The maximum Gasteiger partial charge on any atom is 0.229 e. The summed E-state index contributed by atoms with van der Waals surface area (Å²) in [4.78, 5) is 16.4. The zero-order valence-corrected chi connectivity index (χ0v) is 21.9. The fourth-order valence-electron chi connectivity index (χ4n) is 5.03. The third-order valence-corrected chi connectivity index (χ3v) is 7.12. The molecule has 0 unspecified atom stereocenters. The first-order chi connectivity index (χ1) is 19.1. The number of hydrogen-bond donors (Lipinski definition) is 2. The van der Waals surface area contributed by atoms with E-state index in [1.807, 2.05) is 10.6 Å². The van der Waals surface area contributed by atoms with E-state index < -0.39 is 0 Å². The third kappa shape index (κ3) is 6.15. The fraction of sp³-hybridized carbons (Fsp3) is 0.300. The molecule has 7 nitrogen and oxygen atoms in total. The molecule has 2 aromatic carbocycles. The van der Waals surface area contributed by atoms with Crippen molar-refractivity contribution in [2.75, 3.05) is 36.4 Å². The van der Waals surface area contributed by atoms with E-state index in [4.69, 9.17) is 9.97 Å². The van der Waals surface area contributed by atoms with Crippen LogP contribution in [0.4, 0.5) is 20.5 Å². The number of fused-ring (bicyclic) bond motifs is 1. The Kier molecular flexibility index (Phi) is 8.27. The molecule has 0 bridgehead atoms. The molecule has 202 valence electrons. The van der Waals surface area contributed by atoms with Crippen LogP contribution in [0, 0.1) is 11.6 Å². The lowest BCUT2D eigenvalue weighted by Gasteiger charge is -2.33. The summed E-state index contributed by atoms with van der Waals surface area (Å²) < 4.78 is 29.1. The Balaban J connectivity index is 1.28. The van der Waals surface area contributed by atoms with Gasteiger partial charge in [-0.15, -0.1) is 13.2 Å². The number of nitrogens with zero attached hydrogens (tertiary/aromatic N) is 5. The van der Waals surface area contributed by atoms with E-state index in [9.17, 15) is 8.78 Å². The van der Waals surface area contributed by atoms with Gasteiger partial charge in [-0.1, -0.05) is 36.4 Å². The summed E-state index contributed by atoms with van der Waals surface area (Å²) in [5.74, 6) is 0.812. The Morgan fingerprint density at radius 2 is 1.56 bits per heavy atom. The minimum Gasteiger partial charge on any atom is -0.365 e. The minimum absolute atomic E-state index is 0.0152. The van der Waals surface area contributed by atoms with Crippen LogP contribution in [0.3, 0.4) is 0 Å². The minimum atomic E-state index is -0.271. The monoisotopic (exact) mass is 529 g/mol. The topological polar surface area (TPSA) is 70.9 Å². The summed E-state index contributed by atoms with van der Waals surface area (Å²) in [6.07, 6.45) is 7.21. The van der Waals surface area contributed by atoms with Crippen LogP contribution in [0.2, 0.25) is 0 Å². The van der Waals surface area contributed by atoms with E-state index in [-0.39, 0.29) is 17.6 Å². The lowest BCUT2D eigenvalue weighted by molar-refractivity contribution is 0.407. The first kappa shape index (κ1) is 26.5. The molecule has 0 saturated carbocycles. The number of halogens is 2. The zero-order chi connectivity index (χ0) is 27.2. The van der Waals surface area contributed by atoms with Crippen molar-refractivity contribution in [2.45, 2.75) is 31.3 Å². The van der Waals surface area contributed by atoms with Gasteiger partial charge in [0.1, 0.15) is 11.6 Å². The molecule has 1 fully saturated rings. The first-order valence-electron chi connectivity index (χ1n) is 13.2. The van der Waals surface area contributed by atoms with Crippen molar-refractivity contribution in [1.82, 2.24) is 24.8 Å². The fourth-order valence-corrected chi connectivity index (χ4v) is 5.03. The van der Waals surface area contributed by atoms with Gasteiger partial charge in [-0.2, -0.15) is 9.97 Å². The number of anilines is 2. The van der Waals surface area contributed by atoms with Crippen molar-refractivity contribution in [3.05, 3.63) is 103 Å². The van der Waals surface area contributed by atoms with E-state index in [0.717, 1.165) is 48.2 Å². The molecule has 5 rings (SSSR count). The molecule has 39 heavy (non-hydrogen) atoms. The van der Waals surface area contributed by atoms with Crippen LogP contribution in [0.1, 0.15) is 29.9 Å². The van der Waals surface area contributed by atoms with Crippen LogP contribution in [-0.2, 0) is 6.54 Å². The molecular weight excluding hydrogens is 496 g/mol. The molecule has 2 N–H and O–H groups in total. The highest BCUT2D eigenvalue weighted by atomic mass is 19.1. The van der Waals surface area contributed by atoms with E-state index in [1.165, 1.54) is 24.3 Å². The first-order valence-corrected chi connectivity index (χ1v) is 13.2. The van der Waals surface area contributed by atoms with Crippen molar-refractivity contribution in [3.63, 3.8) is 0 Å². The summed E-state index contributed by atoms with van der Waals surface area (Å²) in [6.45, 7) is 11.1. The molecule has 0 spiro atoms. The maximum atomic E-state index is 13.6. The van der Waals surface area contributed by atoms with Gasteiger partial charge in [0.15, 0.2) is 17.0 Å². The summed E-state index contributed by atoms with van der Waals surface area (Å²) in [7, 11) is 0. The molecule has 4 aromatic rings. The Morgan fingerprint density at radius 1 is 0.923 bits per heavy atom. The molecule has 9 heteroatoms. The molecule has 0 amide bonds. The van der Waals surface area contributed by atoms with Gasteiger partial charge < -0.3 is 20.1 Å². The number of benzene rings is 2. The summed E-state index contributed by atoms with van der Waals surface area (Å²) in [5, 5.41) is 7.00. The summed E-state index contributed by atoms with van der Waals surface area (Å²) in [5.41, 5.74) is 3.48. The highest BCUT2D eigenvalue weighted by molar-refractivity contribution is 5.84. The van der Waals surface area contributed by atoms with Gasteiger partial charge in [0.05, 0.1) is 6.33 Å². The van der Waals surface area contributed by atoms with Gasteiger partial charge in [0.25, 0.3) is 0 Å². The van der Waals surface area contributed by atoms with Gasteiger partial charge in [-0.3, -0.25) is 0 Å². The lowest BCUT2D eigenvalue weighted by atomic mass is 9.90. The van der Waals surface area contributed by atoms with E-state index >= 15 is 0 Å². The molecule has 1 aliphatic heterocycles. The van der Waals surface area contributed by atoms with Crippen LogP contribution >= 0.6 is 0 Å². The van der Waals surface area contributed by atoms with Gasteiger partial charge in [0, 0.05) is 44.7 Å². The lowest BCUT2D eigenvalue weighted by Crippen LogP contribution is -2.44. The molecule has 3 heterocycles. The third-order valence-electron chi connectivity index (χ3n) is 7.12. The molecule has 0 radical (unpaired) electrons. The van der Waals surface area contributed by atoms with E-state index in [0.29, 0.717) is 37.4 Å². The smallest absolute Gasteiger partial charge is 0.229 e. The second-order valence-corrected chi connectivity index (χ2v) is 9.72. The van der Waals surface area contributed by atoms with Crippen molar-refractivity contribution in [2.24, 2.45) is 0 Å². The Hall–Kier alpha value is -4.11. The Bertz CT molecular complexity index is 1360. The number of imidazole rings is 1. The van der Waals surface area contributed by atoms with E-state index in [2.05, 4.69) is 33.7 Å². The normalized spacial score (nSPS) is 14.2. The molecule has 0 atom stereocenters. The average molecular weight is 530 g/mol. The number of hydrogen-bond acceptors (Lipinski definition) is 6. The summed E-state index contributed by atoms with van der Waals surface area (Å²) >= 11 is 0. The van der Waals surface area contributed by atoms with Crippen molar-refractivity contribution >= 4 is 22.9 Å². The number of piperidine rings is 1. The molecule has 2 aromatic heterocycles. The van der Waals surface area contributed by atoms with E-state index in [1.54, 1.807) is 36.7 Å². The maximum absolute atomic E-state index is 13.6. The van der Waals surface area contributed by atoms with Gasteiger partial charge >= 0.3 is 0 Å². The van der Waals surface area contributed by atoms with Gasteiger partial charge in [0.2, 0.25) is 5.95 Å². The van der Waals surface area contributed by atoms with Crippen LogP contribution in [-0.4, -0.2) is 51.7 Å². The number of allylic oxidation sites excluding steroid dienone is 1. The van der Waals surface area contributed by atoms with Gasteiger partial charge in [-0.05, 0) is 48.2 Å². The second kappa shape index (κ2) is 12.2. The Morgan fingerprint density at radius 3 is 2.15 bits per heavy atom. The molecule has 1 saturated heterocycles. The van der Waals surface area contributed by atoms with Crippen LogP contribution in [0.15, 0.2) is 80.2 Å². The summed E-state index contributed by atoms with van der Waals surface area (Å²) in [6, 6.07) is 13.4. The quantitative estimate of drug-likeness (QED) is 0.258. The number of rotatable bonds is 11. The largest absolute Gasteiger partial charge is 0.365 e. The number of aromatic nitrogens is 4. The van der Waals surface area contributed by atoms with Crippen LogP contribution < -0.4 is 15.5 Å². The highest BCUT2D eigenvalue weighted by Crippen LogP contribution is 2.27. The predicted molar refractivity (Wildman–Crippen MR) is 152 cm³/mol. The second-order valence-electron chi connectivity index (χ2n) is 9.72. The standard InChI is InChI=1S/C30H33F2N7/c1-3-15-33-28-27-29(39(16-4-2)20-35-27)37-30(36-28)38-17-13-25(14-18-38)34-19-26(21-5-9-23(31)10-6-21)22-7-11-24(32)12-8-22/h3-12,20,25-26,34H,1-2,13-19H2,(H,33,36,37). The van der Waals surface area contributed by atoms with Gasteiger partial charge in [-0.25, -0.2) is 13.8 Å². The van der Waals surface area contributed by atoms with Crippen molar-refractivity contribution in [1.29, 1.82) is 0 Å². The van der Waals surface area contributed by atoms with Crippen LogP contribution in [0.25, 0.3) is 11.2 Å². The van der Waals surface area contributed by atoms with Crippen molar-refractivity contribution in [3.8, 4) is 0 Å².